The molecular formula is C18H29N. The van der Waals surface area contributed by atoms with Gasteiger partial charge in [0, 0.05) is 12.6 Å². The van der Waals surface area contributed by atoms with Crippen LogP contribution in [0, 0.1) is 5.92 Å². The van der Waals surface area contributed by atoms with Gasteiger partial charge in [0.2, 0.25) is 0 Å². The summed E-state index contributed by atoms with van der Waals surface area (Å²) in [7, 11) is 0. The van der Waals surface area contributed by atoms with E-state index in [0.29, 0.717) is 6.04 Å². The van der Waals surface area contributed by atoms with Gasteiger partial charge in [-0.1, -0.05) is 70.5 Å². The zero-order chi connectivity index (χ0) is 14.3. The fraction of sp³-hybridized carbons (Fsp3) is 0.556. The summed E-state index contributed by atoms with van der Waals surface area (Å²) in [6, 6.07) is 9.54. The molecule has 1 N–H and O–H groups in total. The highest BCUT2D eigenvalue weighted by Gasteiger charge is 2.00. The molecule has 0 heterocycles. The molecule has 0 bridgehead atoms. The topological polar surface area (TPSA) is 12.0 Å². The first kappa shape index (κ1) is 16.0. The molecule has 1 nitrogen and oxygen atoms in total. The van der Waals surface area contributed by atoms with Gasteiger partial charge in [-0.2, -0.15) is 0 Å². The summed E-state index contributed by atoms with van der Waals surface area (Å²) in [5.74, 6) is 0.725. The highest BCUT2D eigenvalue weighted by molar-refractivity contribution is 5.53. The summed E-state index contributed by atoms with van der Waals surface area (Å²) < 4.78 is 0. The molecular weight excluding hydrogens is 230 g/mol. The molecule has 0 unspecified atom stereocenters. The third-order valence-corrected chi connectivity index (χ3v) is 3.19. The molecule has 0 aliphatic rings. The summed E-state index contributed by atoms with van der Waals surface area (Å²) in [5.41, 5.74) is 4.21. The summed E-state index contributed by atoms with van der Waals surface area (Å²) >= 11 is 0. The lowest BCUT2D eigenvalue weighted by Crippen LogP contribution is -2.24. The van der Waals surface area contributed by atoms with Gasteiger partial charge in [-0.3, -0.25) is 0 Å². The van der Waals surface area contributed by atoms with E-state index in [-0.39, 0.29) is 0 Å². The van der Waals surface area contributed by atoms with Gasteiger partial charge < -0.3 is 5.32 Å². The van der Waals surface area contributed by atoms with Gasteiger partial charge in [-0.05, 0) is 29.9 Å². The van der Waals surface area contributed by atoms with Crippen LogP contribution in [-0.4, -0.2) is 12.6 Å². The molecule has 0 saturated heterocycles. The fourth-order valence-corrected chi connectivity index (χ4v) is 2.07. The molecule has 0 aliphatic carbocycles. The maximum atomic E-state index is 3.49. The monoisotopic (exact) mass is 259 g/mol. The van der Waals surface area contributed by atoms with Gasteiger partial charge in [0.15, 0.2) is 0 Å². The molecule has 1 heteroatoms. The maximum absolute atomic E-state index is 3.49. The Bertz CT molecular complexity index is 385. The van der Waals surface area contributed by atoms with Crippen LogP contribution in [0.4, 0.5) is 0 Å². The highest BCUT2D eigenvalue weighted by Crippen LogP contribution is 2.13. The first-order chi connectivity index (χ1) is 9.01. The van der Waals surface area contributed by atoms with Crippen molar-refractivity contribution in [2.45, 2.75) is 53.5 Å². The van der Waals surface area contributed by atoms with Gasteiger partial charge in [-0.15, -0.1) is 0 Å². The number of nitrogens with one attached hydrogen (secondary N) is 1. The van der Waals surface area contributed by atoms with Crippen LogP contribution < -0.4 is 5.32 Å². The van der Waals surface area contributed by atoms with E-state index in [2.05, 4.69) is 70.3 Å². The Balaban J connectivity index is 2.67. The van der Waals surface area contributed by atoms with E-state index >= 15 is 0 Å². The largest absolute Gasteiger partial charge is 0.311 e. The van der Waals surface area contributed by atoms with E-state index in [4.69, 9.17) is 0 Å². The predicted octanol–water partition coefficient (Wildman–Crippen LogP) is 4.68. The smallest absolute Gasteiger partial charge is 0.0170 e. The van der Waals surface area contributed by atoms with E-state index in [0.717, 1.165) is 18.9 Å². The number of hydrogen-bond donors (Lipinski definition) is 1. The second-order valence-electron chi connectivity index (χ2n) is 6.03. The zero-order valence-electron chi connectivity index (χ0n) is 13.2. The van der Waals surface area contributed by atoms with Gasteiger partial charge in [-0.25, -0.2) is 0 Å². The SMILES string of the molecule is CCC(=Cc1ccc(CC(C)C)cc1)CNC(C)C. The van der Waals surface area contributed by atoms with Crippen molar-refractivity contribution in [1.82, 2.24) is 5.32 Å². The van der Waals surface area contributed by atoms with Crippen molar-refractivity contribution < 1.29 is 0 Å². The van der Waals surface area contributed by atoms with Gasteiger partial charge in [0.1, 0.15) is 0 Å². The predicted molar refractivity (Wildman–Crippen MR) is 86.4 cm³/mol. The maximum Gasteiger partial charge on any atom is 0.0170 e. The molecule has 1 aromatic rings. The number of benzene rings is 1. The molecule has 106 valence electrons. The Morgan fingerprint density at radius 3 is 2.21 bits per heavy atom. The average molecular weight is 259 g/mol. The van der Waals surface area contributed by atoms with E-state index in [1.807, 2.05) is 0 Å². The van der Waals surface area contributed by atoms with Crippen LogP contribution in [0.3, 0.4) is 0 Å². The van der Waals surface area contributed by atoms with Crippen molar-refractivity contribution in [1.29, 1.82) is 0 Å². The summed E-state index contributed by atoms with van der Waals surface area (Å²) in [4.78, 5) is 0. The second-order valence-corrected chi connectivity index (χ2v) is 6.03. The van der Waals surface area contributed by atoms with E-state index in [9.17, 15) is 0 Å². The third kappa shape index (κ3) is 6.58. The lowest BCUT2D eigenvalue weighted by atomic mass is 10.0. The molecule has 0 aliphatic heterocycles. The normalized spacial score (nSPS) is 12.5. The van der Waals surface area contributed by atoms with Crippen LogP contribution in [0.25, 0.3) is 6.08 Å². The molecule has 1 aromatic carbocycles. The molecule has 0 amide bonds. The zero-order valence-corrected chi connectivity index (χ0v) is 13.2. The minimum atomic E-state index is 0.545. The average Bonchev–Trinajstić information content (AvgIpc) is 2.35. The van der Waals surface area contributed by atoms with E-state index in [1.165, 1.54) is 23.1 Å². The Morgan fingerprint density at radius 1 is 1.11 bits per heavy atom. The van der Waals surface area contributed by atoms with Crippen LogP contribution in [0.15, 0.2) is 29.8 Å². The van der Waals surface area contributed by atoms with Crippen molar-refractivity contribution in [3.8, 4) is 0 Å². The Labute approximate surface area is 119 Å². The summed E-state index contributed by atoms with van der Waals surface area (Å²) in [6.45, 7) is 12.1. The van der Waals surface area contributed by atoms with Crippen molar-refractivity contribution in [2.24, 2.45) is 5.92 Å². The lowest BCUT2D eigenvalue weighted by Gasteiger charge is -2.10. The van der Waals surface area contributed by atoms with Crippen LogP contribution in [0.5, 0.6) is 0 Å². The molecule has 0 aromatic heterocycles. The van der Waals surface area contributed by atoms with Crippen LogP contribution in [0.1, 0.15) is 52.2 Å². The van der Waals surface area contributed by atoms with Crippen molar-refractivity contribution in [3.05, 3.63) is 41.0 Å². The van der Waals surface area contributed by atoms with Gasteiger partial charge in [0.25, 0.3) is 0 Å². The van der Waals surface area contributed by atoms with Crippen molar-refractivity contribution in [2.75, 3.05) is 6.54 Å². The van der Waals surface area contributed by atoms with Gasteiger partial charge in [0.05, 0.1) is 0 Å². The Kier molecular flexibility index (Phi) is 6.86. The second kappa shape index (κ2) is 8.16. The molecule has 0 radical (unpaired) electrons. The molecule has 0 saturated carbocycles. The molecule has 0 fully saturated rings. The standard InChI is InChI=1S/C18H29N/c1-6-16(13-19-15(4)5)12-18-9-7-17(8-10-18)11-14(2)3/h7-10,12,14-15,19H,6,11,13H2,1-5H3. The van der Waals surface area contributed by atoms with Crippen molar-refractivity contribution >= 4 is 6.08 Å². The molecule has 0 spiro atoms. The Morgan fingerprint density at radius 2 is 1.74 bits per heavy atom. The highest BCUT2D eigenvalue weighted by atomic mass is 14.9. The van der Waals surface area contributed by atoms with Crippen LogP contribution >= 0.6 is 0 Å². The Hall–Kier alpha value is -1.08. The quantitative estimate of drug-likeness (QED) is 0.750. The first-order valence-corrected chi connectivity index (χ1v) is 7.53. The molecule has 0 atom stereocenters. The third-order valence-electron chi connectivity index (χ3n) is 3.19. The van der Waals surface area contributed by atoms with E-state index in [1.54, 1.807) is 0 Å². The van der Waals surface area contributed by atoms with Crippen LogP contribution in [0.2, 0.25) is 0 Å². The van der Waals surface area contributed by atoms with Crippen molar-refractivity contribution in [3.63, 3.8) is 0 Å². The lowest BCUT2D eigenvalue weighted by molar-refractivity contribution is 0.617. The van der Waals surface area contributed by atoms with Crippen LogP contribution in [-0.2, 0) is 6.42 Å². The molecule has 19 heavy (non-hydrogen) atoms. The number of rotatable bonds is 7. The minimum Gasteiger partial charge on any atom is -0.311 e. The minimum absolute atomic E-state index is 0.545. The number of hydrogen-bond acceptors (Lipinski definition) is 1. The first-order valence-electron chi connectivity index (χ1n) is 7.53. The van der Waals surface area contributed by atoms with Gasteiger partial charge >= 0.3 is 0 Å². The summed E-state index contributed by atoms with van der Waals surface area (Å²) in [5, 5.41) is 3.49. The summed E-state index contributed by atoms with van der Waals surface area (Å²) in [6.07, 6.45) is 4.58. The fourth-order valence-electron chi connectivity index (χ4n) is 2.07. The van der Waals surface area contributed by atoms with E-state index < -0.39 is 0 Å². The molecule has 1 rings (SSSR count).